The van der Waals surface area contributed by atoms with Crippen molar-refractivity contribution in [3.63, 3.8) is 0 Å². The predicted octanol–water partition coefficient (Wildman–Crippen LogP) is 3.28. The molecule has 0 bridgehead atoms. The van der Waals surface area contributed by atoms with Crippen LogP contribution >= 0.6 is 0 Å². The summed E-state index contributed by atoms with van der Waals surface area (Å²) in [5.41, 5.74) is 0. The molecule has 6 nitrogen and oxygen atoms in total. The molecule has 2 fully saturated rings. The summed E-state index contributed by atoms with van der Waals surface area (Å²) in [4.78, 5) is 9.70. The van der Waals surface area contributed by atoms with Gasteiger partial charge in [0.1, 0.15) is 0 Å². The molecule has 21 heavy (non-hydrogen) atoms. The van der Waals surface area contributed by atoms with Gasteiger partial charge in [-0.25, -0.2) is 9.78 Å². The number of hydrogen-bond donors (Lipinski definition) is 0. The minimum absolute atomic E-state index is 0.0966. The summed E-state index contributed by atoms with van der Waals surface area (Å²) in [6.07, 6.45) is 11.4. The van der Waals surface area contributed by atoms with Gasteiger partial charge in [-0.05, 0) is 25.7 Å². The van der Waals surface area contributed by atoms with Crippen molar-refractivity contribution in [3.8, 4) is 0 Å². The van der Waals surface area contributed by atoms with Crippen LogP contribution in [0.2, 0.25) is 0 Å². The average molecular weight is 320 g/mol. The Labute approximate surface area is 128 Å². The zero-order valence-corrected chi connectivity index (χ0v) is 14.2. The molecule has 2 rings (SSSR count). The van der Waals surface area contributed by atoms with E-state index in [9.17, 15) is 0 Å². The molecule has 124 valence electrons. The fourth-order valence-electron chi connectivity index (χ4n) is 3.10. The van der Waals surface area contributed by atoms with Crippen LogP contribution < -0.4 is 0 Å². The van der Waals surface area contributed by atoms with Gasteiger partial charge < -0.3 is 8.85 Å². The topological polar surface area (TPSA) is 55.4 Å². The summed E-state index contributed by atoms with van der Waals surface area (Å²) in [5.74, 6) is 0. The molecule has 0 aromatic rings. The highest BCUT2D eigenvalue weighted by Crippen LogP contribution is 2.29. The first kappa shape index (κ1) is 17.3. The van der Waals surface area contributed by atoms with Crippen LogP contribution in [0.1, 0.15) is 64.2 Å². The van der Waals surface area contributed by atoms with Crippen molar-refractivity contribution in [1.82, 2.24) is 0 Å². The van der Waals surface area contributed by atoms with Gasteiger partial charge in [-0.1, -0.05) is 38.5 Å². The summed E-state index contributed by atoms with van der Waals surface area (Å²) in [7, 11) is -0.535. The van der Waals surface area contributed by atoms with Gasteiger partial charge in [-0.2, -0.15) is 9.15 Å². The van der Waals surface area contributed by atoms with Crippen molar-refractivity contribution in [3.05, 3.63) is 0 Å². The first-order valence-electron chi connectivity index (χ1n) is 8.07. The molecule has 0 aliphatic heterocycles. The van der Waals surface area contributed by atoms with E-state index in [4.69, 9.17) is 27.8 Å². The third-order valence-corrected chi connectivity index (χ3v) is 6.08. The van der Waals surface area contributed by atoms with Gasteiger partial charge >= 0.3 is 9.05 Å². The van der Waals surface area contributed by atoms with Crippen molar-refractivity contribution in [2.75, 3.05) is 14.2 Å². The Kier molecular flexibility index (Phi) is 7.59. The van der Waals surface area contributed by atoms with Crippen LogP contribution in [0.3, 0.4) is 0 Å². The van der Waals surface area contributed by atoms with Crippen molar-refractivity contribution >= 4 is 9.05 Å². The Balaban J connectivity index is 1.98. The lowest BCUT2D eigenvalue weighted by atomic mass is 9.98. The van der Waals surface area contributed by atoms with Gasteiger partial charge in [0.2, 0.25) is 0 Å². The monoisotopic (exact) mass is 320 g/mol. The van der Waals surface area contributed by atoms with Crippen LogP contribution in [0.15, 0.2) is 0 Å². The predicted molar refractivity (Wildman–Crippen MR) is 77.9 cm³/mol. The first-order chi connectivity index (χ1) is 10.3. The molecule has 2 aliphatic carbocycles. The maximum absolute atomic E-state index is 6.08. The van der Waals surface area contributed by atoms with E-state index in [0.29, 0.717) is 0 Å². The zero-order chi connectivity index (χ0) is 15.0. The van der Waals surface area contributed by atoms with Crippen LogP contribution in [-0.4, -0.2) is 35.5 Å². The lowest BCUT2D eigenvalue weighted by Crippen LogP contribution is -2.53. The summed E-state index contributed by atoms with van der Waals surface area (Å²) >= 11 is 0. The molecular weight excluding hydrogens is 292 g/mol. The fourth-order valence-corrected chi connectivity index (χ4v) is 5.04. The molecule has 2 saturated carbocycles. The van der Waals surface area contributed by atoms with Gasteiger partial charge in [0, 0.05) is 0 Å². The number of hydrogen-bond acceptors (Lipinski definition) is 6. The third kappa shape index (κ3) is 5.59. The van der Waals surface area contributed by atoms with E-state index in [0.717, 1.165) is 25.7 Å². The third-order valence-electron chi connectivity index (χ3n) is 4.10. The SMILES string of the molecule is COO[Si](OOC)(OC1CCCCC1)OC1CCCCC1. The van der Waals surface area contributed by atoms with Crippen molar-refractivity contribution < 1.29 is 27.8 Å². The van der Waals surface area contributed by atoms with Crippen molar-refractivity contribution in [2.45, 2.75) is 76.4 Å². The van der Waals surface area contributed by atoms with E-state index >= 15 is 0 Å². The van der Waals surface area contributed by atoms with Crippen LogP contribution in [-0.2, 0) is 27.8 Å². The number of rotatable bonds is 8. The standard InChI is InChI=1S/C14H28O6Si/c1-15-19-21(20-16-2,17-13-9-5-3-6-10-13)18-14-11-7-4-8-12-14/h13-14H,3-12H2,1-2H3. The molecule has 0 amide bonds. The van der Waals surface area contributed by atoms with Gasteiger partial charge in [-0.3, -0.25) is 0 Å². The Morgan fingerprint density at radius 3 is 1.33 bits per heavy atom. The van der Waals surface area contributed by atoms with Crippen molar-refractivity contribution in [2.24, 2.45) is 0 Å². The largest absolute Gasteiger partial charge is 0.736 e. The molecule has 0 aromatic heterocycles. The quantitative estimate of drug-likeness (QED) is 0.389. The van der Waals surface area contributed by atoms with E-state index in [1.54, 1.807) is 0 Å². The summed E-state index contributed by atoms with van der Waals surface area (Å²) < 4.78 is 22.8. The second kappa shape index (κ2) is 9.19. The molecule has 0 radical (unpaired) electrons. The highest BCUT2D eigenvalue weighted by Gasteiger charge is 2.53. The van der Waals surface area contributed by atoms with E-state index in [-0.39, 0.29) is 12.2 Å². The molecule has 0 atom stereocenters. The highest BCUT2D eigenvalue weighted by molar-refractivity contribution is 6.53. The van der Waals surface area contributed by atoms with Gasteiger partial charge in [-0.15, -0.1) is 0 Å². The molecule has 0 aromatic carbocycles. The molecule has 0 saturated heterocycles. The van der Waals surface area contributed by atoms with E-state index < -0.39 is 9.05 Å². The Morgan fingerprint density at radius 2 is 1.00 bits per heavy atom. The first-order valence-corrected chi connectivity index (χ1v) is 9.70. The summed E-state index contributed by atoms with van der Waals surface area (Å²) in [6, 6.07) is 0. The van der Waals surface area contributed by atoms with Crippen LogP contribution in [0.25, 0.3) is 0 Å². The Bertz CT molecular complexity index is 251. The molecule has 0 N–H and O–H groups in total. The second-order valence-corrected chi connectivity index (χ2v) is 7.56. The highest BCUT2D eigenvalue weighted by atomic mass is 28.4. The molecule has 7 heteroatoms. The minimum Gasteiger partial charge on any atom is -0.346 e. The fraction of sp³-hybridized carbons (Fsp3) is 1.00. The lowest BCUT2D eigenvalue weighted by molar-refractivity contribution is -0.329. The van der Waals surface area contributed by atoms with E-state index in [2.05, 4.69) is 0 Å². The lowest BCUT2D eigenvalue weighted by Gasteiger charge is -2.34. The maximum Gasteiger partial charge on any atom is 0.736 e. The normalized spacial score (nSPS) is 22.6. The molecule has 2 aliphatic rings. The zero-order valence-electron chi connectivity index (χ0n) is 13.2. The van der Waals surface area contributed by atoms with E-state index in [1.165, 1.54) is 52.7 Å². The van der Waals surface area contributed by atoms with Gasteiger partial charge in [0.25, 0.3) is 0 Å². The Hall–Kier alpha value is -0.0231. The molecule has 0 spiro atoms. The van der Waals surface area contributed by atoms with Crippen LogP contribution in [0.5, 0.6) is 0 Å². The molecule has 0 heterocycles. The van der Waals surface area contributed by atoms with Crippen LogP contribution in [0, 0.1) is 0 Å². The smallest absolute Gasteiger partial charge is 0.346 e. The molecular formula is C14H28O6Si. The van der Waals surface area contributed by atoms with Crippen LogP contribution in [0.4, 0.5) is 0 Å². The van der Waals surface area contributed by atoms with E-state index in [1.807, 2.05) is 0 Å². The summed E-state index contributed by atoms with van der Waals surface area (Å²) in [6.45, 7) is 0. The average Bonchev–Trinajstić information content (AvgIpc) is 2.50. The van der Waals surface area contributed by atoms with Gasteiger partial charge in [0.15, 0.2) is 0 Å². The van der Waals surface area contributed by atoms with Crippen molar-refractivity contribution in [1.29, 1.82) is 0 Å². The Morgan fingerprint density at radius 1 is 0.619 bits per heavy atom. The summed E-state index contributed by atoms with van der Waals surface area (Å²) in [5, 5.41) is 0. The molecule has 0 unspecified atom stereocenters. The van der Waals surface area contributed by atoms with Gasteiger partial charge in [0.05, 0.1) is 26.4 Å². The maximum atomic E-state index is 6.08. The second-order valence-electron chi connectivity index (χ2n) is 5.76. The minimum atomic E-state index is -3.41.